The fraction of sp³-hybridized carbons (Fsp3) is 0.360. The zero-order chi connectivity index (χ0) is 25.8. The molecule has 0 saturated heterocycles. The van der Waals surface area contributed by atoms with Gasteiger partial charge < -0.3 is 20.8 Å². The number of carbonyl (C=O) groups is 2. The molecule has 0 aliphatic heterocycles. The normalized spacial score (nSPS) is 13.2. The number of aromatic nitrogens is 2. The standard InChI is InChI=1S/C25H28FN5O4/c1-25(2,3)22(24(35)28-12-17(33)14-32)29-23(34)21-18-6-4-5-7-20(18)31(30-21)13-16-9-8-15(11-27)10-19(16)26/h4-10,17,22,32-33H,12-14H2,1-3H3,(H,28,35)(H,29,34). The van der Waals surface area contributed by atoms with Gasteiger partial charge in [0.25, 0.3) is 5.91 Å². The summed E-state index contributed by atoms with van der Waals surface area (Å²) in [5.74, 6) is -1.65. The molecule has 1 heterocycles. The van der Waals surface area contributed by atoms with Crippen molar-refractivity contribution in [3.05, 3.63) is 65.1 Å². The van der Waals surface area contributed by atoms with Gasteiger partial charge in [0.2, 0.25) is 5.91 Å². The number of nitrogens with zero attached hydrogens (tertiary/aromatic N) is 3. The van der Waals surface area contributed by atoms with E-state index in [1.54, 1.807) is 45.0 Å². The van der Waals surface area contributed by atoms with Gasteiger partial charge in [0.05, 0.1) is 36.4 Å². The highest BCUT2D eigenvalue weighted by atomic mass is 19.1. The number of benzene rings is 2. The zero-order valence-corrected chi connectivity index (χ0v) is 19.7. The van der Waals surface area contributed by atoms with E-state index in [1.807, 2.05) is 6.07 Å². The maximum absolute atomic E-state index is 14.5. The van der Waals surface area contributed by atoms with E-state index in [0.717, 1.165) is 6.07 Å². The summed E-state index contributed by atoms with van der Waals surface area (Å²) in [6.45, 7) is 4.72. The summed E-state index contributed by atoms with van der Waals surface area (Å²) in [5, 5.41) is 37.7. The van der Waals surface area contributed by atoms with Crippen molar-refractivity contribution in [1.29, 1.82) is 5.26 Å². The van der Waals surface area contributed by atoms with Crippen LogP contribution >= 0.6 is 0 Å². The van der Waals surface area contributed by atoms with Crippen LogP contribution in [0.4, 0.5) is 4.39 Å². The Labute approximate surface area is 202 Å². The molecule has 3 rings (SSSR count). The average molecular weight is 482 g/mol. The number of rotatable bonds is 8. The van der Waals surface area contributed by atoms with Crippen molar-refractivity contribution in [2.75, 3.05) is 13.2 Å². The lowest BCUT2D eigenvalue weighted by molar-refractivity contribution is -0.125. The second-order valence-electron chi connectivity index (χ2n) is 9.30. The molecular formula is C25H28FN5O4. The molecule has 10 heteroatoms. The molecule has 2 unspecified atom stereocenters. The highest BCUT2D eigenvalue weighted by Gasteiger charge is 2.34. The molecule has 184 valence electrons. The predicted octanol–water partition coefficient (Wildman–Crippen LogP) is 1.71. The molecule has 1 aromatic heterocycles. The average Bonchev–Trinajstić information content (AvgIpc) is 3.19. The highest BCUT2D eigenvalue weighted by Crippen LogP contribution is 2.23. The molecule has 2 aromatic carbocycles. The first-order chi connectivity index (χ1) is 16.5. The Hall–Kier alpha value is -3.81. The van der Waals surface area contributed by atoms with E-state index >= 15 is 0 Å². The first kappa shape index (κ1) is 25.8. The number of para-hydroxylation sites is 1. The van der Waals surface area contributed by atoms with Gasteiger partial charge in [0.15, 0.2) is 5.69 Å². The summed E-state index contributed by atoms with van der Waals surface area (Å²) in [6.07, 6.45) is -1.11. The van der Waals surface area contributed by atoms with Crippen LogP contribution in [0.2, 0.25) is 0 Å². The van der Waals surface area contributed by atoms with Gasteiger partial charge in [0, 0.05) is 17.5 Å². The number of carbonyl (C=O) groups excluding carboxylic acids is 2. The molecule has 0 aliphatic carbocycles. The van der Waals surface area contributed by atoms with E-state index < -0.39 is 41.8 Å². The molecule has 3 aromatic rings. The van der Waals surface area contributed by atoms with Crippen LogP contribution < -0.4 is 10.6 Å². The zero-order valence-electron chi connectivity index (χ0n) is 19.7. The number of fused-ring (bicyclic) bond motifs is 1. The maximum Gasteiger partial charge on any atom is 0.273 e. The Morgan fingerprint density at radius 2 is 1.94 bits per heavy atom. The van der Waals surface area contributed by atoms with Crippen molar-refractivity contribution in [3.8, 4) is 6.07 Å². The van der Waals surface area contributed by atoms with Crippen molar-refractivity contribution in [3.63, 3.8) is 0 Å². The molecule has 0 radical (unpaired) electrons. The van der Waals surface area contributed by atoms with Crippen LogP contribution in [0.3, 0.4) is 0 Å². The minimum atomic E-state index is -1.11. The number of nitriles is 1. The van der Waals surface area contributed by atoms with E-state index in [2.05, 4.69) is 15.7 Å². The summed E-state index contributed by atoms with van der Waals surface area (Å²) in [7, 11) is 0. The Balaban J connectivity index is 1.90. The second-order valence-corrected chi connectivity index (χ2v) is 9.30. The Bertz CT molecular complexity index is 1280. The maximum atomic E-state index is 14.5. The van der Waals surface area contributed by atoms with E-state index in [1.165, 1.54) is 16.8 Å². The van der Waals surface area contributed by atoms with Crippen LogP contribution in [0, 0.1) is 22.6 Å². The largest absolute Gasteiger partial charge is 0.394 e. The fourth-order valence-electron chi connectivity index (χ4n) is 3.58. The predicted molar refractivity (Wildman–Crippen MR) is 127 cm³/mol. The van der Waals surface area contributed by atoms with Gasteiger partial charge in [-0.25, -0.2) is 4.39 Å². The minimum Gasteiger partial charge on any atom is -0.394 e. The molecule has 0 bridgehead atoms. The van der Waals surface area contributed by atoms with Crippen LogP contribution in [-0.2, 0) is 11.3 Å². The summed E-state index contributed by atoms with van der Waals surface area (Å²) in [5.41, 5.74) is 0.512. The van der Waals surface area contributed by atoms with E-state index in [0.29, 0.717) is 16.5 Å². The van der Waals surface area contributed by atoms with Crippen LogP contribution in [0.15, 0.2) is 42.5 Å². The molecule has 4 N–H and O–H groups in total. The van der Waals surface area contributed by atoms with Crippen molar-refractivity contribution in [2.45, 2.75) is 39.5 Å². The third-order valence-corrected chi connectivity index (χ3v) is 5.50. The molecule has 0 spiro atoms. The first-order valence-corrected chi connectivity index (χ1v) is 11.1. The lowest BCUT2D eigenvalue weighted by Crippen LogP contribution is -2.54. The molecule has 2 amide bonds. The van der Waals surface area contributed by atoms with Crippen molar-refractivity contribution in [2.24, 2.45) is 5.41 Å². The van der Waals surface area contributed by atoms with Gasteiger partial charge in [-0.05, 0) is 23.6 Å². The number of hydrogen-bond donors (Lipinski definition) is 4. The van der Waals surface area contributed by atoms with E-state index in [4.69, 9.17) is 10.4 Å². The van der Waals surface area contributed by atoms with Crippen LogP contribution in [-0.4, -0.2) is 57.1 Å². The topological polar surface area (TPSA) is 140 Å². The van der Waals surface area contributed by atoms with Crippen LogP contribution in [0.5, 0.6) is 0 Å². The Morgan fingerprint density at radius 1 is 1.23 bits per heavy atom. The van der Waals surface area contributed by atoms with Crippen molar-refractivity contribution < 1.29 is 24.2 Å². The van der Waals surface area contributed by atoms with E-state index in [-0.39, 0.29) is 24.3 Å². The first-order valence-electron chi connectivity index (χ1n) is 11.1. The van der Waals surface area contributed by atoms with Crippen molar-refractivity contribution in [1.82, 2.24) is 20.4 Å². The molecule has 0 fully saturated rings. The second kappa shape index (κ2) is 10.6. The van der Waals surface area contributed by atoms with Crippen LogP contribution in [0.1, 0.15) is 42.4 Å². The number of hydrogen-bond acceptors (Lipinski definition) is 6. The monoisotopic (exact) mass is 481 g/mol. The highest BCUT2D eigenvalue weighted by molar-refractivity contribution is 6.06. The summed E-state index contributed by atoms with van der Waals surface area (Å²) in [4.78, 5) is 26.0. The Morgan fingerprint density at radius 3 is 2.57 bits per heavy atom. The molecule has 0 aliphatic rings. The molecule has 2 atom stereocenters. The van der Waals surface area contributed by atoms with Gasteiger partial charge in [-0.15, -0.1) is 0 Å². The van der Waals surface area contributed by atoms with Gasteiger partial charge in [-0.1, -0.05) is 45.0 Å². The number of aliphatic hydroxyl groups is 2. The number of nitrogens with one attached hydrogen (secondary N) is 2. The molecule has 0 saturated carbocycles. The van der Waals surface area contributed by atoms with Crippen molar-refractivity contribution >= 4 is 22.7 Å². The minimum absolute atomic E-state index is 0.0353. The lowest BCUT2D eigenvalue weighted by Gasteiger charge is -2.30. The smallest absolute Gasteiger partial charge is 0.273 e. The SMILES string of the molecule is CC(C)(C)C(NC(=O)c1nn(Cc2ccc(C#N)cc2F)c2ccccc12)C(=O)NCC(O)CO. The summed E-state index contributed by atoms with van der Waals surface area (Å²) in [6, 6.07) is 12.1. The van der Waals surface area contributed by atoms with Gasteiger partial charge in [0.1, 0.15) is 11.9 Å². The summed E-state index contributed by atoms with van der Waals surface area (Å²) >= 11 is 0. The molecular weight excluding hydrogens is 453 g/mol. The quantitative estimate of drug-likeness (QED) is 0.386. The van der Waals surface area contributed by atoms with Gasteiger partial charge in [-0.3, -0.25) is 14.3 Å². The van der Waals surface area contributed by atoms with Crippen LogP contribution in [0.25, 0.3) is 10.9 Å². The van der Waals surface area contributed by atoms with E-state index in [9.17, 15) is 19.1 Å². The van der Waals surface area contributed by atoms with Gasteiger partial charge >= 0.3 is 0 Å². The number of aliphatic hydroxyl groups excluding tert-OH is 2. The number of amides is 2. The molecule has 9 nitrogen and oxygen atoms in total. The Kier molecular flexibility index (Phi) is 7.84. The third kappa shape index (κ3) is 6.01. The lowest BCUT2D eigenvalue weighted by atomic mass is 9.86. The molecule has 35 heavy (non-hydrogen) atoms. The third-order valence-electron chi connectivity index (χ3n) is 5.50. The number of halogens is 1. The van der Waals surface area contributed by atoms with Gasteiger partial charge in [-0.2, -0.15) is 10.4 Å². The fourth-order valence-corrected chi connectivity index (χ4v) is 3.58. The summed E-state index contributed by atoms with van der Waals surface area (Å²) < 4.78 is 16.0.